The van der Waals surface area contributed by atoms with Gasteiger partial charge >= 0.3 is 0 Å². The zero-order valence-corrected chi connectivity index (χ0v) is 13.6. The molecular formula is C16H18N4OS. The molecule has 0 saturated carbocycles. The Balaban J connectivity index is 1.88. The number of aryl methyl sites for hydroxylation is 1. The lowest BCUT2D eigenvalue weighted by Gasteiger charge is -2.20. The van der Waals surface area contributed by atoms with E-state index in [0.29, 0.717) is 23.0 Å². The van der Waals surface area contributed by atoms with Crippen molar-refractivity contribution in [3.05, 3.63) is 46.1 Å². The average molecular weight is 314 g/mol. The number of aromatic nitrogens is 1. The molecule has 0 atom stereocenters. The van der Waals surface area contributed by atoms with E-state index in [2.05, 4.69) is 4.98 Å². The maximum atomic E-state index is 10.3. The van der Waals surface area contributed by atoms with Crippen LogP contribution in [-0.2, 0) is 0 Å². The van der Waals surface area contributed by atoms with Gasteiger partial charge < -0.3 is 14.9 Å². The smallest absolute Gasteiger partial charge is 0.139 e. The van der Waals surface area contributed by atoms with Crippen LogP contribution in [0.25, 0.3) is 5.57 Å². The van der Waals surface area contributed by atoms with Crippen LogP contribution in [0.2, 0.25) is 0 Å². The van der Waals surface area contributed by atoms with Gasteiger partial charge in [-0.25, -0.2) is 4.98 Å². The Bertz CT molecular complexity index is 746. The fourth-order valence-corrected chi connectivity index (χ4v) is 3.29. The highest BCUT2D eigenvalue weighted by Gasteiger charge is 2.30. The molecule has 5 nitrogen and oxygen atoms in total. The van der Waals surface area contributed by atoms with Crippen molar-refractivity contribution >= 4 is 34.1 Å². The highest BCUT2D eigenvalue weighted by atomic mass is 32.1. The summed E-state index contributed by atoms with van der Waals surface area (Å²) in [7, 11) is 3.98. The molecule has 1 aromatic carbocycles. The lowest BCUT2D eigenvalue weighted by Crippen LogP contribution is -2.26. The summed E-state index contributed by atoms with van der Waals surface area (Å²) in [4.78, 5) is 8.20. The molecule has 1 aliphatic rings. The molecule has 0 amide bonds. The van der Waals surface area contributed by atoms with Crippen molar-refractivity contribution in [1.82, 2.24) is 4.98 Å². The lowest BCUT2D eigenvalue weighted by molar-refractivity contribution is 0.411. The summed E-state index contributed by atoms with van der Waals surface area (Å²) >= 11 is 1.45. The van der Waals surface area contributed by atoms with E-state index in [9.17, 15) is 5.11 Å². The summed E-state index contributed by atoms with van der Waals surface area (Å²) in [6.07, 6.45) is 0. The van der Waals surface area contributed by atoms with E-state index >= 15 is 0 Å². The van der Waals surface area contributed by atoms with Gasteiger partial charge in [-0.3, -0.25) is 5.41 Å². The Kier molecular flexibility index (Phi) is 3.62. The predicted molar refractivity (Wildman–Crippen MR) is 92.2 cm³/mol. The van der Waals surface area contributed by atoms with Crippen molar-refractivity contribution in [3.63, 3.8) is 0 Å². The number of anilines is 2. The molecular weight excluding hydrogens is 296 g/mol. The van der Waals surface area contributed by atoms with Gasteiger partial charge in [-0.1, -0.05) is 0 Å². The zero-order chi connectivity index (χ0) is 15.9. The number of nitrogens with zero attached hydrogens (tertiary/aromatic N) is 3. The molecule has 0 bridgehead atoms. The van der Waals surface area contributed by atoms with Gasteiger partial charge in [0, 0.05) is 36.5 Å². The van der Waals surface area contributed by atoms with Gasteiger partial charge in [0.15, 0.2) is 0 Å². The van der Waals surface area contributed by atoms with Crippen LogP contribution in [0.1, 0.15) is 10.7 Å². The van der Waals surface area contributed by atoms with E-state index in [1.54, 1.807) is 4.90 Å². The predicted octanol–water partition coefficient (Wildman–Crippen LogP) is 3.28. The first kappa shape index (κ1) is 14.6. The molecule has 114 valence electrons. The number of amidine groups is 1. The van der Waals surface area contributed by atoms with Crippen molar-refractivity contribution in [2.75, 3.05) is 30.4 Å². The number of aliphatic hydroxyl groups excluding tert-OH is 1. The Hall–Kier alpha value is -2.34. The number of hydrogen-bond acceptors (Lipinski definition) is 5. The maximum Gasteiger partial charge on any atom is 0.139 e. The normalized spacial score (nSPS) is 14.9. The summed E-state index contributed by atoms with van der Waals surface area (Å²) in [5.74, 6) is 0.500. The molecule has 1 aromatic heterocycles. The van der Waals surface area contributed by atoms with Crippen molar-refractivity contribution in [2.45, 2.75) is 6.92 Å². The van der Waals surface area contributed by atoms with Crippen LogP contribution in [0.3, 0.4) is 0 Å². The van der Waals surface area contributed by atoms with Gasteiger partial charge in [0.1, 0.15) is 16.6 Å². The molecule has 0 aliphatic carbocycles. The van der Waals surface area contributed by atoms with E-state index in [0.717, 1.165) is 17.1 Å². The van der Waals surface area contributed by atoms with E-state index in [4.69, 9.17) is 5.41 Å². The maximum absolute atomic E-state index is 10.3. The van der Waals surface area contributed by atoms with Gasteiger partial charge in [-0.2, -0.15) is 0 Å². The third-order valence-electron chi connectivity index (χ3n) is 3.61. The molecule has 6 heteroatoms. The van der Waals surface area contributed by atoms with Crippen LogP contribution in [0.15, 0.2) is 35.4 Å². The Morgan fingerprint density at radius 2 is 1.95 bits per heavy atom. The van der Waals surface area contributed by atoms with E-state index < -0.39 is 0 Å². The number of hydrogen-bond donors (Lipinski definition) is 2. The topological polar surface area (TPSA) is 63.5 Å². The number of aliphatic hydroxyl groups is 1. The molecule has 0 radical (unpaired) electrons. The van der Waals surface area contributed by atoms with Crippen molar-refractivity contribution in [3.8, 4) is 0 Å². The summed E-state index contributed by atoms with van der Waals surface area (Å²) < 4.78 is 0. The Labute approximate surface area is 133 Å². The number of rotatable bonds is 3. The second-order valence-electron chi connectivity index (χ2n) is 5.46. The highest BCUT2D eigenvalue weighted by Crippen LogP contribution is 2.33. The average Bonchev–Trinajstić information content (AvgIpc) is 3.02. The molecule has 0 spiro atoms. The molecule has 22 heavy (non-hydrogen) atoms. The summed E-state index contributed by atoms with van der Waals surface area (Å²) in [6, 6.07) is 7.94. The molecule has 2 aromatic rings. The number of benzene rings is 1. The lowest BCUT2D eigenvalue weighted by atomic mass is 10.2. The van der Waals surface area contributed by atoms with Gasteiger partial charge in [-0.15, -0.1) is 11.3 Å². The third-order valence-corrected chi connectivity index (χ3v) is 4.59. The van der Waals surface area contributed by atoms with Gasteiger partial charge in [0.25, 0.3) is 0 Å². The number of nitrogens with one attached hydrogen (secondary N) is 1. The van der Waals surface area contributed by atoms with E-state index in [1.807, 2.05) is 55.6 Å². The third kappa shape index (κ3) is 2.46. The van der Waals surface area contributed by atoms with Crippen molar-refractivity contribution in [2.24, 2.45) is 0 Å². The first-order chi connectivity index (χ1) is 10.5. The summed E-state index contributed by atoms with van der Waals surface area (Å²) in [5, 5.41) is 21.3. The second-order valence-corrected chi connectivity index (χ2v) is 6.32. The SMILES string of the molecule is Cc1csc(C2=C(O)CN(c3ccc(N(C)C)cc3)C2=N)n1. The van der Waals surface area contributed by atoms with E-state index in [-0.39, 0.29) is 5.76 Å². The van der Waals surface area contributed by atoms with Crippen LogP contribution in [0, 0.1) is 12.3 Å². The minimum atomic E-state index is 0.205. The molecule has 0 saturated heterocycles. The number of thiazole rings is 1. The van der Waals surface area contributed by atoms with Gasteiger partial charge in [-0.05, 0) is 31.2 Å². The second kappa shape index (κ2) is 5.46. The van der Waals surface area contributed by atoms with Gasteiger partial charge in [0.2, 0.25) is 0 Å². The summed E-state index contributed by atoms with van der Waals surface area (Å²) in [6.45, 7) is 2.22. The largest absolute Gasteiger partial charge is 0.510 e. The Morgan fingerprint density at radius 3 is 2.50 bits per heavy atom. The first-order valence-corrected chi connectivity index (χ1v) is 7.84. The molecule has 2 N–H and O–H groups in total. The fraction of sp³-hybridized carbons (Fsp3) is 0.250. The van der Waals surface area contributed by atoms with Crippen LogP contribution in [0.4, 0.5) is 11.4 Å². The fourth-order valence-electron chi connectivity index (χ4n) is 2.42. The minimum absolute atomic E-state index is 0.205. The highest BCUT2D eigenvalue weighted by molar-refractivity contribution is 7.11. The zero-order valence-electron chi connectivity index (χ0n) is 12.8. The monoisotopic (exact) mass is 314 g/mol. The van der Waals surface area contributed by atoms with Crippen LogP contribution in [0.5, 0.6) is 0 Å². The Morgan fingerprint density at radius 1 is 1.27 bits per heavy atom. The van der Waals surface area contributed by atoms with Crippen molar-refractivity contribution < 1.29 is 5.11 Å². The van der Waals surface area contributed by atoms with Gasteiger partial charge in [0.05, 0.1) is 12.1 Å². The van der Waals surface area contributed by atoms with E-state index in [1.165, 1.54) is 11.3 Å². The molecule has 3 rings (SSSR count). The molecule has 0 fully saturated rings. The molecule has 0 unspecified atom stereocenters. The van der Waals surface area contributed by atoms with Crippen molar-refractivity contribution in [1.29, 1.82) is 5.41 Å². The minimum Gasteiger partial charge on any atom is -0.510 e. The molecule has 1 aliphatic heterocycles. The first-order valence-electron chi connectivity index (χ1n) is 6.96. The summed E-state index contributed by atoms with van der Waals surface area (Å²) in [5.41, 5.74) is 3.43. The standard InChI is InChI=1S/C16H18N4OS/c1-10-9-22-16(18-10)14-13(21)8-20(15(14)17)12-6-4-11(5-7-12)19(2)3/h4-7,9,17,21H,8H2,1-3H3. The quantitative estimate of drug-likeness (QED) is 0.912. The van der Waals surface area contributed by atoms with Crippen LogP contribution in [-0.4, -0.2) is 36.6 Å². The molecule has 2 heterocycles. The van der Waals surface area contributed by atoms with Crippen LogP contribution >= 0.6 is 11.3 Å². The van der Waals surface area contributed by atoms with Crippen LogP contribution < -0.4 is 9.80 Å².